The van der Waals surface area contributed by atoms with Crippen molar-refractivity contribution in [2.75, 3.05) is 0 Å². The number of unbranched alkanes of at least 4 members (excludes halogenated alkanes) is 7. The third kappa shape index (κ3) is 6.23. The third-order valence-electron chi connectivity index (χ3n) is 3.74. The molecule has 114 valence electrons. The van der Waals surface area contributed by atoms with Gasteiger partial charge in [-0.05, 0) is 18.6 Å². The van der Waals surface area contributed by atoms with E-state index in [-0.39, 0.29) is 11.9 Å². The van der Waals surface area contributed by atoms with Crippen molar-refractivity contribution < 1.29 is 4.39 Å². The van der Waals surface area contributed by atoms with Crippen LogP contribution in [-0.2, 0) is 0 Å². The Morgan fingerprint density at radius 3 is 2.25 bits per heavy atom. The van der Waals surface area contributed by atoms with Gasteiger partial charge in [0.25, 0.3) is 0 Å². The van der Waals surface area contributed by atoms with Gasteiger partial charge in [-0.2, -0.15) is 0 Å². The summed E-state index contributed by atoms with van der Waals surface area (Å²) in [6.07, 6.45) is 10.9. The zero-order valence-corrected chi connectivity index (χ0v) is 13.3. The summed E-state index contributed by atoms with van der Waals surface area (Å²) in [6, 6.07) is 4.45. The van der Waals surface area contributed by atoms with Crippen LogP contribution >= 0.6 is 11.6 Å². The van der Waals surface area contributed by atoms with Gasteiger partial charge in [0.05, 0.1) is 0 Å². The molecule has 0 aliphatic carbocycles. The van der Waals surface area contributed by atoms with Gasteiger partial charge in [-0.3, -0.25) is 0 Å². The summed E-state index contributed by atoms with van der Waals surface area (Å²) in [5.41, 5.74) is 6.52. The summed E-state index contributed by atoms with van der Waals surface area (Å²) in [5.74, 6) is -0.287. The van der Waals surface area contributed by atoms with Gasteiger partial charge in [0.1, 0.15) is 5.82 Å². The molecule has 0 aliphatic rings. The Hall–Kier alpha value is -0.600. The summed E-state index contributed by atoms with van der Waals surface area (Å²) in [6.45, 7) is 2.23. The SMILES string of the molecule is CCCCCCCCCCC(N)c1c(F)cccc1Cl. The fourth-order valence-corrected chi connectivity index (χ4v) is 2.81. The molecule has 1 rings (SSSR count). The first-order valence-electron chi connectivity index (χ1n) is 7.86. The van der Waals surface area contributed by atoms with E-state index in [2.05, 4.69) is 6.92 Å². The molecule has 1 unspecified atom stereocenters. The van der Waals surface area contributed by atoms with Crippen LogP contribution in [0.3, 0.4) is 0 Å². The fourth-order valence-electron chi connectivity index (χ4n) is 2.51. The van der Waals surface area contributed by atoms with Gasteiger partial charge in [0.15, 0.2) is 0 Å². The van der Waals surface area contributed by atoms with Crippen LogP contribution < -0.4 is 5.73 Å². The molecule has 1 aromatic carbocycles. The Morgan fingerprint density at radius 1 is 1.05 bits per heavy atom. The van der Waals surface area contributed by atoms with Gasteiger partial charge >= 0.3 is 0 Å². The first-order chi connectivity index (χ1) is 9.66. The standard InChI is InChI=1S/C17H27ClFN/c1-2-3-4-5-6-7-8-9-13-16(20)17-14(18)11-10-12-15(17)19/h10-12,16H,2-9,13,20H2,1H3. The van der Waals surface area contributed by atoms with Gasteiger partial charge in [0, 0.05) is 16.6 Å². The van der Waals surface area contributed by atoms with E-state index in [0.29, 0.717) is 10.6 Å². The largest absolute Gasteiger partial charge is 0.324 e. The van der Waals surface area contributed by atoms with Gasteiger partial charge in [-0.1, -0.05) is 76.0 Å². The quantitative estimate of drug-likeness (QED) is 0.526. The number of hydrogen-bond donors (Lipinski definition) is 1. The Labute approximate surface area is 127 Å². The average molecular weight is 300 g/mol. The Bertz CT molecular complexity index is 361. The third-order valence-corrected chi connectivity index (χ3v) is 4.07. The van der Waals surface area contributed by atoms with Crippen molar-refractivity contribution >= 4 is 11.6 Å². The lowest BCUT2D eigenvalue weighted by Gasteiger charge is -2.14. The topological polar surface area (TPSA) is 26.0 Å². The minimum absolute atomic E-state index is 0.287. The zero-order valence-electron chi connectivity index (χ0n) is 12.5. The zero-order chi connectivity index (χ0) is 14.8. The molecule has 0 saturated carbocycles. The number of rotatable bonds is 10. The molecule has 2 N–H and O–H groups in total. The molecular weight excluding hydrogens is 273 g/mol. The van der Waals surface area contributed by atoms with Crippen LogP contribution in [0.5, 0.6) is 0 Å². The molecule has 0 heterocycles. The van der Waals surface area contributed by atoms with Crippen LogP contribution in [0.2, 0.25) is 5.02 Å². The van der Waals surface area contributed by atoms with E-state index in [0.717, 1.165) is 12.8 Å². The van der Waals surface area contributed by atoms with Crippen molar-refractivity contribution in [3.63, 3.8) is 0 Å². The monoisotopic (exact) mass is 299 g/mol. The van der Waals surface area contributed by atoms with Crippen molar-refractivity contribution in [1.29, 1.82) is 0 Å². The maximum Gasteiger partial charge on any atom is 0.129 e. The maximum atomic E-state index is 13.7. The second kappa shape index (κ2) is 10.2. The van der Waals surface area contributed by atoms with Crippen molar-refractivity contribution in [2.45, 2.75) is 70.8 Å². The van der Waals surface area contributed by atoms with E-state index in [1.807, 2.05) is 0 Å². The van der Waals surface area contributed by atoms with Crippen molar-refractivity contribution in [2.24, 2.45) is 5.73 Å². The van der Waals surface area contributed by atoms with E-state index >= 15 is 0 Å². The summed E-state index contributed by atoms with van der Waals surface area (Å²) in [5, 5.41) is 0.442. The van der Waals surface area contributed by atoms with Crippen molar-refractivity contribution in [1.82, 2.24) is 0 Å². The molecule has 1 nitrogen and oxygen atoms in total. The molecule has 0 spiro atoms. The van der Waals surface area contributed by atoms with Crippen molar-refractivity contribution in [3.05, 3.63) is 34.6 Å². The van der Waals surface area contributed by atoms with Crippen LogP contribution in [0.25, 0.3) is 0 Å². The molecular formula is C17H27ClFN. The molecule has 0 aromatic heterocycles. The highest BCUT2D eigenvalue weighted by atomic mass is 35.5. The first kappa shape index (κ1) is 17.5. The minimum Gasteiger partial charge on any atom is -0.324 e. The number of benzene rings is 1. The molecule has 0 radical (unpaired) electrons. The number of hydrogen-bond acceptors (Lipinski definition) is 1. The average Bonchev–Trinajstić information content (AvgIpc) is 2.41. The number of halogens is 2. The lowest BCUT2D eigenvalue weighted by atomic mass is 9.99. The normalized spacial score (nSPS) is 12.6. The highest BCUT2D eigenvalue weighted by molar-refractivity contribution is 6.31. The molecule has 0 aliphatic heterocycles. The van der Waals surface area contributed by atoms with Crippen LogP contribution in [0, 0.1) is 5.82 Å². The van der Waals surface area contributed by atoms with Crippen LogP contribution in [-0.4, -0.2) is 0 Å². The molecule has 0 bridgehead atoms. The molecule has 20 heavy (non-hydrogen) atoms. The lowest BCUT2D eigenvalue weighted by Crippen LogP contribution is -2.12. The lowest BCUT2D eigenvalue weighted by molar-refractivity contribution is 0.518. The summed E-state index contributed by atoms with van der Waals surface area (Å²) in [4.78, 5) is 0. The van der Waals surface area contributed by atoms with E-state index in [9.17, 15) is 4.39 Å². The van der Waals surface area contributed by atoms with Gasteiger partial charge in [-0.25, -0.2) is 4.39 Å². The van der Waals surface area contributed by atoms with Crippen LogP contribution in [0.15, 0.2) is 18.2 Å². The summed E-state index contributed by atoms with van der Waals surface area (Å²) in [7, 11) is 0. The van der Waals surface area contributed by atoms with E-state index in [1.54, 1.807) is 12.1 Å². The van der Waals surface area contributed by atoms with Crippen molar-refractivity contribution in [3.8, 4) is 0 Å². The van der Waals surface area contributed by atoms with E-state index in [4.69, 9.17) is 17.3 Å². The molecule has 3 heteroatoms. The number of nitrogens with two attached hydrogens (primary N) is 1. The van der Waals surface area contributed by atoms with Gasteiger partial charge in [-0.15, -0.1) is 0 Å². The Balaban J connectivity index is 2.19. The minimum atomic E-state index is -0.288. The Morgan fingerprint density at radius 2 is 1.65 bits per heavy atom. The van der Waals surface area contributed by atoms with E-state index in [1.165, 1.54) is 51.0 Å². The smallest absolute Gasteiger partial charge is 0.129 e. The van der Waals surface area contributed by atoms with E-state index < -0.39 is 0 Å². The predicted molar refractivity (Wildman–Crippen MR) is 85.6 cm³/mol. The summed E-state index contributed by atoms with van der Waals surface area (Å²) < 4.78 is 13.7. The first-order valence-corrected chi connectivity index (χ1v) is 8.24. The molecule has 0 amide bonds. The molecule has 0 fully saturated rings. The Kier molecular flexibility index (Phi) is 8.88. The maximum absolute atomic E-state index is 13.7. The second-order valence-electron chi connectivity index (χ2n) is 5.51. The fraction of sp³-hybridized carbons (Fsp3) is 0.647. The van der Waals surface area contributed by atoms with Crippen LogP contribution in [0.1, 0.15) is 76.3 Å². The highest BCUT2D eigenvalue weighted by Crippen LogP contribution is 2.27. The molecule has 1 atom stereocenters. The molecule has 0 saturated heterocycles. The second-order valence-corrected chi connectivity index (χ2v) is 5.91. The van der Waals surface area contributed by atoms with Crippen LogP contribution in [0.4, 0.5) is 4.39 Å². The van der Waals surface area contributed by atoms with Gasteiger partial charge in [0.2, 0.25) is 0 Å². The summed E-state index contributed by atoms with van der Waals surface area (Å²) >= 11 is 6.02. The van der Waals surface area contributed by atoms with Gasteiger partial charge < -0.3 is 5.73 Å². The predicted octanol–water partition coefficient (Wildman–Crippen LogP) is 6.01. The highest BCUT2D eigenvalue weighted by Gasteiger charge is 2.14. The molecule has 1 aromatic rings.